The van der Waals surface area contributed by atoms with Crippen molar-refractivity contribution in [3.05, 3.63) is 124 Å². The second kappa shape index (κ2) is 25.3. The summed E-state index contributed by atoms with van der Waals surface area (Å²) in [7, 11) is 0. The third-order valence-electron chi connectivity index (χ3n) is 15.1. The lowest BCUT2D eigenvalue weighted by Crippen LogP contribution is -2.44. The van der Waals surface area contributed by atoms with E-state index in [-0.39, 0.29) is 51.9 Å². The minimum atomic E-state index is -4.64. The van der Waals surface area contributed by atoms with E-state index in [1.807, 2.05) is 50.7 Å². The summed E-state index contributed by atoms with van der Waals surface area (Å²) in [6.45, 7) is 18.3. The summed E-state index contributed by atoms with van der Waals surface area (Å²) in [5, 5.41) is 5.73. The first-order valence-electron chi connectivity index (χ1n) is 27.9. The van der Waals surface area contributed by atoms with Crippen molar-refractivity contribution >= 4 is 72.4 Å². The van der Waals surface area contributed by atoms with Crippen LogP contribution in [0.5, 0.6) is 0 Å². The van der Waals surface area contributed by atoms with Crippen molar-refractivity contribution < 1.29 is 40.7 Å². The number of aromatic nitrogens is 3. The molecule has 3 aromatic heterocycles. The largest absolute Gasteiger partial charge is 0.446 e. The molecule has 6 fully saturated rings. The molecular weight excluding hydrogens is 1110 g/mol. The van der Waals surface area contributed by atoms with Crippen molar-refractivity contribution in [3.63, 3.8) is 0 Å². The molecule has 0 atom stereocenters. The van der Waals surface area contributed by atoms with Gasteiger partial charge in [-0.2, -0.15) is 13.2 Å². The number of likely N-dealkylation sites (tertiary alicyclic amines) is 1. The van der Waals surface area contributed by atoms with Crippen LogP contribution < -0.4 is 31.8 Å². The number of anilines is 2. The maximum absolute atomic E-state index is 14.7. The molecule has 3 aliphatic heterocycles. The molecule has 432 valence electrons. The van der Waals surface area contributed by atoms with Crippen LogP contribution in [0.15, 0.2) is 73.5 Å². The molecule has 3 saturated carbocycles. The number of carbonyl (C=O) groups excluding carboxylic acids is 2. The Morgan fingerprint density at radius 2 is 0.912 bits per heavy atom. The molecule has 0 radical (unpaired) electrons. The molecule has 0 unspecified atom stereocenters. The maximum atomic E-state index is 14.7. The molecule has 0 spiro atoms. The number of piperidine rings is 2. The Labute approximate surface area is 470 Å². The average Bonchev–Trinajstić information content (AvgIpc) is 4.31. The summed E-state index contributed by atoms with van der Waals surface area (Å²) in [5.74, 6) is -0.628. The Morgan fingerprint density at radius 1 is 0.562 bits per heavy atom. The number of amides is 1. The van der Waals surface area contributed by atoms with E-state index in [0.717, 1.165) is 166 Å². The fourth-order valence-corrected chi connectivity index (χ4v) is 11.3. The van der Waals surface area contributed by atoms with Gasteiger partial charge in [-0.25, -0.2) is 18.0 Å². The van der Waals surface area contributed by atoms with Gasteiger partial charge in [0, 0.05) is 105 Å². The van der Waals surface area contributed by atoms with Crippen molar-refractivity contribution in [2.75, 3.05) is 62.2 Å². The quantitative estimate of drug-likeness (QED) is 0.132. The van der Waals surface area contributed by atoms with E-state index < -0.39 is 12.5 Å². The number of alkyl halides is 3. The number of halogens is 7. The minimum absolute atomic E-state index is 0.00149. The molecule has 80 heavy (non-hydrogen) atoms. The van der Waals surface area contributed by atoms with Crippen LogP contribution in [0, 0.1) is 38.2 Å². The van der Waals surface area contributed by atoms with Crippen LogP contribution in [0.25, 0.3) is 32.7 Å². The van der Waals surface area contributed by atoms with Gasteiger partial charge >= 0.3 is 12.3 Å². The molecule has 3 aliphatic carbocycles. The van der Waals surface area contributed by atoms with Gasteiger partial charge < -0.3 is 38.5 Å². The Bertz CT molecular complexity index is 3280. The lowest BCUT2D eigenvalue weighted by Gasteiger charge is -2.31. The van der Waals surface area contributed by atoms with Gasteiger partial charge in [0.25, 0.3) is 16.7 Å². The molecule has 1 N–H and O–H groups in total. The number of rotatable bonds is 5. The number of nitrogens with one attached hydrogen (secondary N) is 1. The summed E-state index contributed by atoms with van der Waals surface area (Å²) in [6, 6.07) is 15.4. The summed E-state index contributed by atoms with van der Waals surface area (Å²) in [5.41, 5.74) is 6.35. The highest BCUT2D eigenvalue weighted by atomic mass is 79.9. The number of piperazine rings is 1. The van der Waals surface area contributed by atoms with Crippen LogP contribution in [0.1, 0.15) is 133 Å². The number of aryl methyl sites for hydroxylation is 3. The van der Waals surface area contributed by atoms with Crippen LogP contribution in [0.2, 0.25) is 0 Å². The fraction of sp³-hybridized carbons (Fsp3) is 0.517. The summed E-state index contributed by atoms with van der Waals surface area (Å²) in [4.78, 5) is 62.8. The monoisotopic (exact) mass is 1180 g/mol. The van der Waals surface area contributed by atoms with Crippen LogP contribution in [-0.2, 0) is 9.53 Å². The highest BCUT2D eigenvalue weighted by Gasteiger charge is 2.32. The summed E-state index contributed by atoms with van der Waals surface area (Å²) < 4.78 is 85.5. The molecule has 6 heterocycles. The Kier molecular flexibility index (Phi) is 19.0. The van der Waals surface area contributed by atoms with Gasteiger partial charge in [-0.1, -0.05) is 0 Å². The van der Waals surface area contributed by atoms with Gasteiger partial charge in [0.05, 0.1) is 32.4 Å². The molecule has 13 nitrogen and oxygen atoms in total. The first kappa shape index (κ1) is 60.0. The van der Waals surface area contributed by atoms with Crippen molar-refractivity contribution in [1.82, 2.24) is 23.9 Å². The molecule has 12 rings (SSSR count). The molecule has 3 aromatic carbocycles. The predicted octanol–water partition coefficient (Wildman–Crippen LogP) is 12.7. The molecule has 20 heteroatoms. The summed E-state index contributed by atoms with van der Waals surface area (Å²) >= 11 is 3.24. The van der Waals surface area contributed by atoms with Crippen molar-refractivity contribution in [2.45, 2.75) is 148 Å². The van der Waals surface area contributed by atoms with Crippen LogP contribution in [-0.4, -0.2) is 95.1 Å². The lowest BCUT2D eigenvalue weighted by atomic mass is 10.0. The van der Waals surface area contributed by atoms with Gasteiger partial charge in [0.15, 0.2) is 0 Å². The third kappa shape index (κ3) is 14.5. The van der Waals surface area contributed by atoms with E-state index in [1.54, 1.807) is 51.9 Å². The predicted molar refractivity (Wildman–Crippen MR) is 306 cm³/mol. The molecule has 3 saturated heterocycles. The number of aldehydes is 1. The fourth-order valence-electron chi connectivity index (χ4n) is 11.0. The number of hydrogen-bond donors (Lipinski definition) is 1. The molecule has 0 bridgehead atoms. The number of nitrogens with zero attached hydrogens (tertiary/aromatic N) is 6. The van der Waals surface area contributed by atoms with E-state index in [0.29, 0.717) is 27.9 Å². The van der Waals surface area contributed by atoms with Crippen LogP contribution in [0.3, 0.4) is 0 Å². The maximum Gasteiger partial charge on any atom is 0.446 e. The van der Waals surface area contributed by atoms with E-state index >= 15 is 0 Å². The van der Waals surface area contributed by atoms with Gasteiger partial charge in [0.1, 0.15) is 23.1 Å². The highest BCUT2D eigenvalue weighted by Crippen LogP contribution is 2.42. The number of carbonyl (C=O) groups is 2. The second-order valence-electron chi connectivity index (χ2n) is 22.6. The zero-order chi connectivity index (χ0) is 57.8. The molecule has 1 amide bonds. The Balaban J connectivity index is 0.000000138. The van der Waals surface area contributed by atoms with Crippen LogP contribution >= 0.6 is 15.9 Å². The molecule has 6 aromatic rings. The van der Waals surface area contributed by atoms with E-state index in [2.05, 4.69) is 31.0 Å². The molecule has 6 aliphatic rings. The van der Waals surface area contributed by atoms with Crippen molar-refractivity contribution in [2.24, 2.45) is 0 Å². The van der Waals surface area contributed by atoms with E-state index in [1.165, 1.54) is 25.0 Å². The lowest BCUT2D eigenvalue weighted by molar-refractivity contribution is -0.156. The zero-order valence-electron chi connectivity index (χ0n) is 46.4. The first-order chi connectivity index (χ1) is 38.0. The van der Waals surface area contributed by atoms with E-state index in [9.17, 15) is 45.5 Å². The topological polar surface area (TPSA) is 131 Å². The van der Waals surface area contributed by atoms with Crippen molar-refractivity contribution in [3.8, 4) is 0 Å². The number of pyridine rings is 3. The van der Waals surface area contributed by atoms with Gasteiger partial charge in [0.2, 0.25) is 6.29 Å². The Hall–Kier alpha value is -6.15. The zero-order valence-corrected chi connectivity index (χ0v) is 48.0. The highest BCUT2D eigenvalue weighted by molar-refractivity contribution is 9.10. The normalized spacial score (nSPS) is 17.5. The van der Waals surface area contributed by atoms with Crippen molar-refractivity contribution in [1.29, 1.82) is 0 Å². The van der Waals surface area contributed by atoms with Crippen LogP contribution in [0.4, 0.5) is 42.5 Å². The number of fused-ring (bicyclic) bond motifs is 3. The third-order valence-corrected chi connectivity index (χ3v) is 16.0. The minimum Gasteiger partial charge on any atom is -0.444 e. The smallest absolute Gasteiger partial charge is 0.444 e. The number of benzene rings is 3. The SMILES string of the molecule is CC(C)(C)OC(=O)N1CCCCC1.Cc1c(Br)c(F)cc2ccc(=O)n(C3CC3)c12.Cc1c(N2CCCCC2)c(F)cc2ccc(=O)n(C3CC3)c12.Cc1c(N2CCNCC2)c(F)cc2ccc(=O)n(C3CC3)c12.O=CC(F)(F)F. The molecular formula is C60H72BrF6N7O6. The van der Waals surface area contributed by atoms with E-state index in [4.69, 9.17) is 9.53 Å². The van der Waals surface area contributed by atoms with Gasteiger partial charge in [-0.15, -0.1) is 0 Å². The Morgan fingerprint density at radius 3 is 1.27 bits per heavy atom. The first-order valence-corrected chi connectivity index (χ1v) is 28.7. The standard InChI is InChI=1S/C18H21FN2O.C17H20FN3O.C13H11BrFNO.C10H19NO2.C2HF3O/c1-12-17-13(5-8-16(22)21(17)14-6-7-14)11-15(19)18(12)20-9-3-2-4-10-20;1-11-16-12(2-5-15(22)21(16)13-3-4-13)10-14(18)17(11)20-8-6-19-7-9-20;1-7-12(14)10(15)6-8-2-5-11(17)16(13(7)8)9-3-4-9;1-10(2,3)13-9(12)11-7-5-4-6-8-11;3-2(4,5)1-6/h5,8,11,14H,2-4,6-7,9-10H2,1H3;2,5,10,13,19H,3-4,6-9H2,1H3;2,5-6,9H,3-4H2,1H3;4-8H2,1-3H3;1H. The second-order valence-corrected chi connectivity index (χ2v) is 23.4. The summed E-state index contributed by atoms with van der Waals surface area (Å²) in [6.07, 6.45) is 7.29. The number of ether oxygens (including phenoxy) is 1. The van der Waals surface area contributed by atoms with Gasteiger partial charge in [-0.3, -0.25) is 19.2 Å². The average molecular weight is 1180 g/mol. The van der Waals surface area contributed by atoms with Gasteiger partial charge in [-0.05, 0) is 188 Å². The number of hydrogen-bond acceptors (Lipinski definition) is 9.